The first kappa shape index (κ1) is 16.0. The van der Waals surface area contributed by atoms with Crippen molar-refractivity contribution in [2.45, 2.75) is 12.8 Å². The van der Waals surface area contributed by atoms with Gasteiger partial charge in [0.1, 0.15) is 0 Å². The van der Waals surface area contributed by atoms with Crippen LogP contribution in [0, 0.1) is 0 Å². The van der Waals surface area contributed by atoms with Crippen molar-refractivity contribution in [1.82, 2.24) is 0 Å². The van der Waals surface area contributed by atoms with Crippen LogP contribution in [0.1, 0.15) is 39.9 Å². The number of ether oxygens (including phenoxy) is 1. The van der Waals surface area contributed by atoms with Crippen LogP contribution in [-0.4, -0.2) is 12.6 Å². The molecule has 3 aromatic rings. The molecule has 0 N–H and O–H groups in total. The van der Waals surface area contributed by atoms with Gasteiger partial charge in [-0.25, -0.2) is 4.79 Å². The largest absolute Gasteiger partial charge is 0.462 e. The van der Waals surface area contributed by atoms with Gasteiger partial charge in [-0.1, -0.05) is 72.8 Å². The number of rotatable bonds is 5. The van der Waals surface area contributed by atoms with Crippen molar-refractivity contribution in [2.75, 3.05) is 6.61 Å². The molecule has 2 heteroatoms. The van der Waals surface area contributed by atoms with Crippen LogP contribution in [0.3, 0.4) is 0 Å². The lowest BCUT2D eigenvalue weighted by atomic mass is 9.85. The van der Waals surface area contributed by atoms with Gasteiger partial charge in [0.15, 0.2) is 0 Å². The summed E-state index contributed by atoms with van der Waals surface area (Å²) in [6, 6.07) is 28.5. The van der Waals surface area contributed by atoms with E-state index < -0.39 is 0 Å². The van der Waals surface area contributed by atoms with E-state index in [0.29, 0.717) is 12.2 Å². The van der Waals surface area contributed by atoms with Crippen molar-refractivity contribution in [3.05, 3.63) is 107 Å². The molecule has 0 spiro atoms. The minimum atomic E-state index is -0.278. The lowest BCUT2D eigenvalue weighted by Gasteiger charge is -2.19. The molecule has 0 saturated carbocycles. The topological polar surface area (TPSA) is 26.3 Å². The van der Waals surface area contributed by atoms with Crippen LogP contribution >= 0.6 is 0 Å². The maximum atomic E-state index is 11.8. The molecule has 0 atom stereocenters. The molecular weight excluding hydrogens is 296 g/mol. The minimum Gasteiger partial charge on any atom is -0.462 e. The first-order valence-electron chi connectivity index (χ1n) is 8.16. The van der Waals surface area contributed by atoms with Crippen molar-refractivity contribution < 1.29 is 9.53 Å². The van der Waals surface area contributed by atoms with E-state index >= 15 is 0 Å². The number of hydrogen-bond acceptors (Lipinski definition) is 2. The quantitative estimate of drug-likeness (QED) is 0.487. The van der Waals surface area contributed by atoms with E-state index in [9.17, 15) is 4.79 Å². The Bertz CT molecular complexity index is 738. The SMILES string of the molecule is CCOC(=O)c1ccc(C(c2ccccc2)c2ccccc2)cc1. The first-order chi connectivity index (χ1) is 11.8. The Kier molecular flexibility index (Phi) is 5.07. The Morgan fingerprint density at radius 1 is 0.750 bits per heavy atom. The van der Waals surface area contributed by atoms with Gasteiger partial charge in [0.05, 0.1) is 12.2 Å². The molecule has 120 valence electrons. The van der Waals surface area contributed by atoms with Gasteiger partial charge >= 0.3 is 5.97 Å². The van der Waals surface area contributed by atoms with Gasteiger partial charge in [-0.3, -0.25) is 0 Å². The molecule has 2 nitrogen and oxygen atoms in total. The molecule has 0 amide bonds. The van der Waals surface area contributed by atoms with E-state index in [1.54, 1.807) is 0 Å². The summed E-state index contributed by atoms with van der Waals surface area (Å²) >= 11 is 0. The van der Waals surface area contributed by atoms with Crippen LogP contribution < -0.4 is 0 Å². The van der Waals surface area contributed by atoms with Gasteiger partial charge < -0.3 is 4.74 Å². The van der Waals surface area contributed by atoms with E-state index in [1.807, 2.05) is 43.3 Å². The van der Waals surface area contributed by atoms with Gasteiger partial charge in [-0.15, -0.1) is 0 Å². The zero-order valence-corrected chi connectivity index (χ0v) is 13.7. The van der Waals surface area contributed by atoms with Gasteiger partial charge in [0.25, 0.3) is 0 Å². The van der Waals surface area contributed by atoms with Crippen LogP contribution in [0.2, 0.25) is 0 Å². The highest BCUT2D eigenvalue weighted by atomic mass is 16.5. The minimum absolute atomic E-state index is 0.142. The van der Waals surface area contributed by atoms with Gasteiger partial charge in [-0.05, 0) is 35.7 Å². The van der Waals surface area contributed by atoms with Crippen molar-refractivity contribution in [2.24, 2.45) is 0 Å². The highest BCUT2D eigenvalue weighted by Gasteiger charge is 2.17. The van der Waals surface area contributed by atoms with Crippen molar-refractivity contribution in [3.8, 4) is 0 Å². The smallest absolute Gasteiger partial charge is 0.338 e. The van der Waals surface area contributed by atoms with Crippen LogP contribution in [0.15, 0.2) is 84.9 Å². The molecule has 3 aromatic carbocycles. The lowest BCUT2D eigenvalue weighted by Crippen LogP contribution is -2.06. The van der Waals surface area contributed by atoms with E-state index in [0.717, 1.165) is 5.56 Å². The monoisotopic (exact) mass is 316 g/mol. The van der Waals surface area contributed by atoms with Crippen LogP contribution in [-0.2, 0) is 4.74 Å². The third-order valence-corrected chi connectivity index (χ3v) is 4.02. The van der Waals surface area contributed by atoms with Gasteiger partial charge in [0.2, 0.25) is 0 Å². The average molecular weight is 316 g/mol. The molecule has 3 rings (SSSR count). The zero-order chi connectivity index (χ0) is 16.8. The normalized spacial score (nSPS) is 10.6. The van der Waals surface area contributed by atoms with Crippen molar-refractivity contribution >= 4 is 5.97 Å². The third kappa shape index (κ3) is 3.54. The summed E-state index contributed by atoms with van der Waals surface area (Å²) in [5.41, 5.74) is 4.20. The Morgan fingerprint density at radius 3 is 1.67 bits per heavy atom. The molecule has 0 unspecified atom stereocenters. The number of esters is 1. The fourth-order valence-electron chi connectivity index (χ4n) is 2.89. The predicted molar refractivity (Wildman–Crippen MR) is 96.2 cm³/mol. The Morgan fingerprint density at radius 2 is 1.21 bits per heavy atom. The zero-order valence-electron chi connectivity index (χ0n) is 13.7. The molecule has 0 aliphatic carbocycles. The second-order valence-electron chi connectivity index (χ2n) is 5.60. The summed E-state index contributed by atoms with van der Waals surface area (Å²) in [6.45, 7) is 2.20. The number of benzene rings is 3. The summed E-state index contributed by atoms with van der Waals surface area (Å²) in [6.07, 6.45) is 0. The fraction of sp³-hybridized carbons (Fsp3) is 0.136. The van der Waals surface area contributed by atoms with Gasteiger partial charge in [-0.2, -0.15) is 0 Å². The highest BCUT2D eigenvalue weighted by Crippen LogP contribution is 2.31. The van der Waals surface area contributed by atoms with E-state index in [1.165, 1.54) is 11.1 Å². The maximum absolute atomic E-state index is 11.8. The average Bonchev–Trinajstić information content (AvgIpc) is 2.64. The lowest BCUT2D eigenvalue weighted by molar-refractivity contribution is 0.0526. The fourth-order valence-corrected chi connectivity index (χ4v) is 2.89. The molecule has 0 fully saturated rings. The summed E-state index contributed by atoms with van der Waals surface area (Å²) in [5.74, 6) is -0.135. The van der Waals surface area contributed by atoms with E-state index in [2.05, 4.69) is 48.5 Å². The Labute approximate surface area is 142 Å². The van der Waals surface area contributed by atoms with Crippen LogP contribution in [0.5, 0.6) is 0 Å². The van der Waals surface area contributed by atoms with Crippen molar-refractivity contribution in [1.29, 1.82) is 0 Å². The predicted octanol–water partition coefficient (Wildman–Crippen LogP) is 5.04. The van der Waals surface area contributed by atoms with Gasteiger partial charge in [0, 0.05) is 5.92 Å². The van der Waals surface area contributed by atoms with Crippen LogP contribution in [0.4, 0.5) is 0 Å². The number of hydrogen-bond donors (Lipinski definition) is 0. The number of carbonyl (C=O) groups excluding carboxylic acids is 1. The summed E-state index contributed by atoms with van der Waals surface area (Å²) in [5, 5.41) is 0. The van der Waals surface area contributed by atoms with Crippen LogP contribution in [0.25, 0.3) is 0 Å². The molecule has 0 aliphatic rings. The molecule has 0 aliphatic heterocycles. The molecule has 0 aromatic heterocycles. The standard InChI is InChI=1S/C22H20O2/c1-2-24-22(23)20-15-13-19(14-16-20)21(17-9-5-3-6-10-17)18-11-7-4-8-12-18/h3-16,21H,2H2,1H3. The molecule has 0 saturated heterocycles. The third-order valence-electron chi connectivity index (χ3n) is 4.02. The molecule has 0 bridgehead atoms. The van der Waals surface area contributed by atoms with E-state index in [-0.39, 0.29) is 11.9 Å². The number of carbonyl (C=O) groups is 1. The van der Waals surface area contributed by atoms with E-state index in [4.69, 9.17) is 4.74 Å². The molecule has 24 heavy (non-hydrogen) atoms. The second kappa shape index (κ2) is 7.60. The second-order valence-corrected chi connectivity index (χ2v) is 5.60. The summed E-state index contributed by atoms with van der Waals surface area (Å²) in [7, 11) is 0. The Hall–Kier alpha value is -2.87. The van der Waals surface area contributed by atoms with Crippen molar-refractivity contribution in [3.63, 3.8) is 0 Å². The molecule has 0 radical (unpaired) electrons. The first-order valence-corrected chi connectivity index (χ1v) is 8.16. The summed E-state index contributed by atoms with van der Waals surface area (Å²) in [4.78, 5) is 11.8. The molecular formula is C22H20O2. The highest BCUT2D eigenvalue weighted by molar-refractivity contribution is 5.89. The Balaban J connectivity index is 1.99. The maximum Gasteiger partial charge on any atom is 0.338 e. The molecule has 0 heterocycles. The summed E-state index contributed by atoms with van der Waals surface area (Å²) < 4.78 is 5.06.